The Morgan fingerprint density at radius 2 is 1.04 bits per heavy atom. The molecule has 0 aliphatic rings. The number of primary amides is 1. The van der Waals surface area contributed by atoms with Crippen molar-refractivity contribution in [2.75, 3.05) is 5.73 Å². The molecule has 0 spiro atoms. The van der Waals surface area contributed by atoms with Gasteiger partial charge in [0.05, 0.1) is 32.2 Å². The zero-order valence-electron chi connectivity index (χ0n) is 43.8. The van der Waals surface area contributed by atoms with Gasteiger partial charge in [-0.2, -0.15) is 55.9 Å². The fourth-order valence-electron chi connectivity index (χ4n) is 6.05. The van der Waals surface area contributed by atoms with Crippen LogP contribution in [0.1, 0.15) is 10.4 Å². The van der Waals surface area contributed by atoms with E-state index in [0.29, 0.717) is 12.1 Å². The molecule has 0 bridgehead atoms. The molecule has 0 unspecified atom stereocenters. The summed E-state index contributed by atoms with van der Waals surface area (Å²) < 4.78 is 187. The number of hydrogen-bond donors (Lipinski definition) is 4. The van der Waals surface area contributed by atoms with Crippen molar-refractivity contribution in [3.63, 3.8) is 0 Å². The van der Waals surface area contributed by atoms with Gasteiger partial charge >= 0.3 is 209 Å². The van der Waals surface area contributed by atoms with Gasteiger partial charge in [-0.3, -0.25) is 14.9 Å². The van der Waals surface area contributed by atoms with Crippen LogP contribution in [0.2, 0.25) is 0 Å². The van der Waals surface area contributed by atoms with E-state index in [1.165, 1.54) is 42.5 Å². The van der Waals surface area contributed by atoms with Gasteiger partial charge in [0, 0.05) is 33.0 Å². The van der Waals surface area contributed by atoms with Gasteiger partial charge in [0.2, 0.25) is 5.91 Å². The normalized spacial score (nSPS) is 10.8. The summed E-state index contributed by atoms with van der Waals surface area (Å²) in [7, 11) is -25.6. The van der Waals surface area contributed by atoms with Gasteiger partial charge in [0.1, 0.15) is 41.7 Å². The molecule has 85 heavy (non-hydrogen) atoms. The summed E-state index contributed by atoms with van der Waals surface area (Å²) in [6.45, 7) is 0. The fourth-order valence-corrected chi connectivity index (χ4v) is 7.97. The van der Waals surface area contributed by atoms with Crippen LogP contribution in [-0.2, 0) is 62.2 Å². The van der Waals surface area contributed by atoms with E-state index in [2.05, 4.69) is 59.1 Å². The molecule has 0 saturated carbocycles. The van der Waals surface area contributed by atoms with Crippen molar-refractivity contribution in [1.82, 2.24) is 0 Å². The molecular formula is C39H21N11Na6O23S6. The van der Waals surface area contributed by atoms with Crippen molar-refractivity contribution >= 4 is 147 Å². The summed E-state index contributed by atoms with van der Waals surface area (Å²) in [5.74, 6) is -2.69. The molecular weight excluding hydrogens is 1320 g/mol. The van der Waals surface area contributed by atoms with Gasteiger partial charge in [-0.25, -0.2) is 30.4 Å². The van der Waals surface area contributed by atoms with Crippen LogP contribution in [0.25, 0.3) is 21.5 Å². The van der Waals surface area contributed by atoms with E-state index in [4.69, 9.17) is 49.3 Å². The van der Waals surface area contributed by atoms with Gasteiger partial charge in [-0.05, 0) is 64.8 Å². The molecule has 0 aromatic heterocycles. The maximum Gasteiger partial charge on any atom is 1.00 e. The van der Waals surface area contributed by atoms with Crippen LogP contribution in [-0.4, -0.2) is 97.8 Å². The van der Waals surface area contributed by atoms with E-state index in [9.17, 15) is 64.0 Å². The Kier molecular flexibility index (Phi) is 38.2. The summed E-state index contributed by atoms with van der Waals surface area (Å²) in [6, 6.07) is 23.8. The first-order valence-corrected chi connectivity index (χ1v) is 26.7. The molecule has 7 aromatic rings. The summed E-state index contributed by atoms with van der Waals surface area (Å²) in [5.41, 5.74) is 7.75. The fraction of sp³-hybridized carbons (Fsp3) is 0. The molecule has 6 N–H and O–H groups in total. The number of nitrogens with two attached hydrogens (primary N) is 2. The monoisotopic (exact) mass is 1340 g/mol. The second-order valence-corrected chi connectivity index (χ2v) is 19.2. The van der Waals surface area contributed by atoms with Crippen molar-refractivity contribution in [1.29, 1.82) is 0 Å². The van der Waals surface area contributed by atoms with E-state index in [1.54, 1.807) is 0 Å². The second-order valence-electron chi connectivity index (χ2n) is 13.9. The van der Waals surface area contributed by atoms with E-state index in [0.717, 1.165) is 36.4 Å². The average molecular weight is 1340 g/mol. The minimum Gasteiger partial charge on any atom is -0.746 e. The number of carbonyl (C=O) groups is 1. The van der Waals surface area contributed by atoms with Gasteiger partial charge in [0.15, 0.2) is 11.4 Å². The quantitative estimate of drug-likeness (QED) is 0.0158. The number of nitrogen functional groups attached to an aromatic ring is 1. The number of nitrogens with zero attached hydrogens (tertiary/aromatic N) is 9. The largest absolute Gasteiger partial charge is 1.00 e. The van der Waals surface area contributed by atoms with E-state index >= 15 is 0 Å². The molecule has 0 radical (unpaired) electrons. The predicted octanol–water partition coefficient (Wildman–Crippen LogP) is -13.2. The summed E-state index contributed by atoms with van der Waals surface area (Å²) in [6.07, 6.45) is 0. The molecule has 34 nitrogen and oxygen atoms in total. The number of benzene rings is 7. The number of nitro benzene ring substituents is 1. The zero-order chi connectivity index (χ0) is 59.3. The summed E-state index contributed by atoms with van der Waals surface area (Å²) in [5, 5.41) is 63.4. The summed E-state index contributed by atoms with van der Waals surface area (Å²) in [4.78, 5) is 18.5. The topological polar surface area (TPSA) is 577 Å². The number of anilines is 1. The minimum atomic E-state index is -5.64. The number of aromatic hydroxyl groups is 2. The number of phenols is 2. The number of fused-ring (bicyclic) bond motifs is 2. The molecule has 0 fully saturated rings. The van der Waals surface area contributed by atoms with Crippen molar-refractivity contribution < 1.29 is 274 Å². The van der Waals surface area contributed by atoms with Crippen molar-refractivity contribution in [3.8, 4) is 11.5 Å². The third-order valence-corrected chi connectivity index (χ3v) is 11.8. The Balaban J connectivity index is -0.00000342. The van der Waals surface area contributed by atoms with Gasteiger partial charge in [-0.15, -0.1) is 66.3 Å². The van der Waals surface area contributed by atoms with Crippen LogP contribution in [0, 0.1) is 28.3 Å². The Morgan fingerprint density at radius 3 is 1.53 bits per heavy atom. The smallest absolute Gasteiger partial charge is 0.746 e. The summed E-state index contributed by atoms with van der Waals surface area (Å²) >= 11 is 0. The first-order chi connectivity index (χ1) is 36.7. The van der Waals surface area contributed by atoms with Crippen molar-refractivity contribution in [3.05, 3.63) is 125 Å². The van der Waals surface area contributed by atoms with Crippen LogP contribution in [0.15, 0.2) is 147 Å². The number of azo groups is 4. The maximum absolute atomic E-state index is 12.7. The average Bonchev–Trinajstić information content (AvgIpc) is 3.42. The molecule has 7 rings (SSSR count). The van der Waals surface area contributed by atoms with E-state index in [1.807, 2.05) is 0 Å². The number of carbonyl (C=O) groups excluding carboxylic acids is 1. The Morgan fingerprint density at radius 1 is 0.529 bits per heavy atom. The molecule has 0 saturated heterocycles. The third kappa shape index (κ3) is 25.4. The molecule has 0 aliphatic carbocycles. The second kappa shape index (κ2) is 38.0. The number of nitro groups is 1. The first kappa shape index (κ1) is 85.5. The number of non-ortho nitro benzene ring substituents is 1. The number of amides is 1. The SMILES string of the molecule is NC(=O)c1ccc(N=Nc2[c-]cc3c(N=Nc4c[c-]ccc4S(=O)(=O)[O-])ccc(N=Nc4cc(S(=O)(=O)[O-])c5cc(S(=O)(=O)[O-])c(N=Nc6[c-]cc([N+](=O)[O-])cc6)c(O)c5c4N)c3c2O)cc1.O=S(=O)=O.O=S(=O)=O.O=S(=O)=O.[Na+].[Na+].[Na+].[Na+].[Na+].[Na+]. The molecule has 1 amide bonds. The van der Waals surface area contributed by atoms with Crippen LogP contribution in [0.5, 0.6) is 11.5 Å². The zero-order valence-corrected chi connectivity index (χ0v) is 60.7. The number of hydrogen-bond acceptors (Lipinski definition) is 32. The molecule has 7 aromatic carbocycles. The Bertz CT molecular complexity index is 4400. The first-order valence-electron chi connectivity index (χ1n) is 19.5. The predicted molar refractivity (Wildman–Crippen MR) is 256 cm³/mol. The number of phenolic OH excluding ortho intramolecular Hbond substituents is 2. The molecule has 0 aliphatic heterocycles. The van der Waals surface area contributed by atoms with Crippen LogP contribution >= 0.6 is 0 Å². The molecule has 412 valence electrons. The minimum absolute atomic E-state index is 0. The van der Waals surface area contributed by atoms with Gasteiger partial charge in [-0.1, -0.05) is 22.9 Å². The van der Waals surface area contributed by atoms with E-state index < -0.39 is 138 Å². The molecule has 46 heteroatoms. The van der Waals surface area contributed by atoms with Crippen LogP contribution in [0.4, 0.5) is 56.9 Å². The Labute approximate surface area is 614 Å². The van der Waals surface area contributed by atoms with Gasteiger partial charge in [0.25, 0.3) is 0 Å². The van der Waals surface area contributed by atoms with Crippen molar-refractivity contribution in [2.24, 2.45) is 46.6 Å². The third-order valence-electron chi connectivity index (χ3n) is 9.14. The van der Waals surface area contributed by atoms with E-state index in [-0.39, 0.29) is 222 Å². The van der Waals surface area contributed by atoms with Crippen LogP contribution < -0.4 is 189 Å². The van der Waals surface area contributed by atoms with Crippen LogP contribution in [0.3, 0.4) is 0 Å². The molecule has 0 heterocycles. The van der Waals surface area contributed by atoms with Crippen molar-refractivity contribution in [2.45, 2.75) is 14.7 Å². The number of rotatable bonds is 13. The van der Waals surface area contributed by atoms with Gasteiger partial charge < -0.3 is 35.3 Å². The Hall–Kier alpha value is -3.68. The standard InChI is InChI=1S/C39H24N11O14S3.6Na.3O3S/c40-35-29(18-31(66(59,60)61)24-17-32(67(62,63)64)36(38(52)34(24)35)49-43-21-9-11-22(12-10-21)50(54)55)48-46-27-16-15-25(44-45-26-3-1-2-4-30(26)65(56,57)58)23-13-14-28(37(51)33(23)27)47-42-20-7-5-19(6-8-20)39(41)53;;;;;;;3*1-4(2)3/h2-9,11-13,15-18,51-52H,40H2,(H2,41,53)(H,56,57,58)(H,59,60,61)(H,62,63,64);;;;;;;;;/q-3;6*+1;;;/p-3. The molecule has 0 atom stereocenters. The maximum atomic E-state index is 12.7.